The lowest BCUT2D eigenvalue weighted by Crippen LogP contribution is -2.48. The molecule has 0 unspecified atom stereocenters. The highest BCUT2D eigenvalue weighted by Crippen LogP contribution is 2.65. The van der Waals surface area contributed by atoms with Gasteiger partial charge >= 0.3 is 0 Å². The van der Waals surface area contributed by atoms with E-state index in [4.69, 9.17) is 4.74 Å². The Labute approximate surface area is 257 Å². The van der Waals surface area contributed by atoms with Gasteiger partial charge < -0.3 is 9.84 Å². The number of fused-ring (bicyclic) bond motifs is 4. The van der Waals surface area contributed by atoms with Gasteiger partial charge in [-0.05, 0) is 49.9 Å². The second-order valence-corrected chi connectivity index (χ2v) is 12.2. The first kappa shape index (κ1) is 28.5. The molecule has 3 fully saturated rings. The number of rotatable bonds is 5. The molecule has 6 atom stereocenters. The van der Waals surface area contributed by atoms with Gasteiger partial charge in [-0.15, -0.1) is 0 Å². The van der Waals surface area contributed by atoms with Crippen LogP contribution in [0.3, 0.4) is 0 Å². The number of aromatic hydroxyl groups is 1. The second-order valence-electron chi connectivity index (χ2n) is 12.2. The highest BCUT2D eigenvalue weighted by atomic mass is 16.6. The number of methoxy groups -OCH3 is 1. The van der Waals surface area contributed by atoms with Gasteiger partial charge in [-0.25, -0.2) is 9.80 Å². The van der Waals surface area contributed by atoms with Crippen molar-refractivity contribution in [3.63, 3.8) is 0 Å². The molecule has 2 aliphatic heterocycles. The number of carbonyl (C=O) groups is 4. The predicted molar refractivity (Wildman–Crippen MR) is 161 cm³/mol. The first-order valence-corrected chi connectivity index (χ1v) is 14.7. The zero-order valence-corrected chi connectivity index (χ0v) is 24.5. The lowest BCUT2D eigenvalue weighted by molar-refractivity contribution is -0.384. The molecule has 3 aromatic rings. The summed E-state index contributed by atoms with van der Waals surface area (Å²) in [6, 6.07) is 19.0. The van der Waals surface area contributed by atoms with Gasteiger partial charge in [0.15, 0.2) is 11.5 Å². The van der Waals surface area contributed by atoms with E-state index in [-0.39, 0.29) is 35.7 Å². The van der Waals surface area contributed by atoms with Gasteiger partial charge in [0.1, 0.15) is 0 Å². The molecule has 45 heavy (non-hydrogen) atoms. The van der Waals surface area contributed by atoms with E-state index in [9.17, 15) is 34.4 Å². The summed E-state index contributed by atoms with van der Waals surface area (Å²) < 4.78 is 5.40. The Hall–Kier alpha value is -5.32. The third-order valence-electron chi connectivity index (χ3n) is 10.1. The number of ether oxygens (including phenoxy) is 1. The lowest BCUT2D eigenvalue weighted by atomic mass is 9.51. The number of nitrogens with zero attached hydrogens (tertiary/aromatic N) is 3. The summed E-state index contributed by atoms with van der Waals surface area (Å²) in [7, 11) is 1.42. The zero-order chi connectivity index (χ0) is 31.8. The van der Waals surface area contributed by atoms with Crippen LogP contribution in [0.15, 0.2) is 84.4 Å². The van der Waals surface area contributed by atoms with Crippen molar-refractivity contribution in [3.8, 4) is 11.5 Å². The molecule has 0 aromatic heterocycles. The van der Waals surface area contributed by atoms with E-state index in [1.165, 1.54) is 36.3 Å². The molecular formula is C34H29N3O8. The van der Waals surface area contributed by atoms with Gasteiger partial charge in [-0.2, -0.15) is 0 Å². The molecule has 7 rings (SSSR count). The number of imide groups is 2. The molecule has 228 valence electrons. The normalized spacial score (nSPS) is 28.8. The average Bonchev–Trinajstić information content (AvgIpc) is 3.41. The Balaban J connectivity index is 1.38. The lowest BCUT2D eigenvalue weighted by Gasteiger charge is -2.49. The molecule has 1 N–H and O–H groups in total. The summed E-state index contributed by atoms with van der Waals surface area (Å²) in [6.45, 7) is 1.74. The minimum atomic E-state index is -1.32. The minimum absolute atomic E-state index is 0.111. The summed E-state index contributed by atoms with van der Waals surface area (Å²) in [5.41, 5.74) is 0.0592. The number of hydrogen-bond acceptors (Lipinski definition) is 8. The van der Waals surface area contributed by atoms with E-state index in [2.05, 4.69) is 0 Å². The van der Waals surface area contributed by atoms with Crippen molar-refractivity contribution in [3.05, 3.63) is 100 Å². The van der Waals surface area contributed by atoms with Gasteiger partial charge in [0.2, 0.25) is 23.6 Å². The number of anilines is 2. The Bertz CT molecular complexity index is 1840. The van der Waals surface area contributed by atoms with E-state index in [1.54, 1.807) is 55.5 Å². The molecule has 0 radical (unpaired) electrons. The number of benzene rings is 3. The van der Waals surface area contributed by atoms with E-state index < -0.39 is 63.6 Å². The summed E-state index contributed by atoms with van der Waals surface area (Å²) in [5.74, 6) is -5.64. The molecule has 11 heteroatoms. The maximum atomic E-state index is 14.4. The Morgan fingerprint density at radius 3 is 2.31 bits per heavy atom. The van der Waals surface area contributed by atoms with Crippen LogP contribution in [0.1, 0.15) is 31.2 Å². The van der Waals surface area contributed by atoms with Gasteiger partial charge in [-0.3, -0.25) is 29.3 Å². The van der Waals surface area contributed by atoms with Crippen molar-refractivity contribution in [2.45, 2.75) is 25.7 Å². The van der Waals surface area contributed by atoms with E-state index in [0.29, 0.717) is 16.8 Å². The second kappa shape index (κ2) is 10.1. The summed E-state index contributed by atoms with van der Waals surface area (Å²) in [6.07, 6.45) is 2.21. The third-order valence-corrected chi connectivity index (χ3v) is 10.1. The minimum Gasteiger partial charge on any atom is -0.504 e. The van der Waals surface area contributed by atoms with Gasteiger partial charge in [0.05, 0.1) is 46.6 Å². The molecule has 2 heterocycles. The number of para-hydroxylation sites is 2. The highest BCUT2D eigenvalue weighted by Gasteiger charge is 2.68. The number of hydrogen-bond donors (Lipinski definition) is 1. The van der Waals surface area contributed by atoms with Crippen molar-refractivity contribution in [1.29, 1.82) is 0 Å². The van der Waals surface area contributed by atoms with Crippen LogP contribution < -0.4 is 14.5 Å². The van der Waals surface area contributed by atoms with Crippen LogP contribution in [0.25, 0.3) is 0 Å². The van der Waals surface area contributed by atoms with Crippen LogP contribution in [0.2, 0.25) is 0 Å². The van der Waals surface area contributed by atoms with E-state index >= 15 is 0 Å². The monoisotopic (exact) mass is 607 g/mol. The highest BCUT2D eigenvalue weighted by molar-refractivity contribution is 6.25. The smallest absolute Gasteiger partial charge is 0.271 e. The fourth-order valence-electron chi connectivity index (χ4n) is 8.12. The van der Waals surface area contributed by atoms with Crippen LogP contribution in [-0.2, 0) is 19.2 Å². The molecule has 4 aliphatic rings. The molecule has 0 spiro atoms. The quantitative estimate of drug-likeness (QED) is 0.189. The largest absolute Gasteiger partial charge is 0.504 e. The van der Waals surface area contributed by atoms with Crippen LogP contribution in [0.4, 0.5) is 17.1 Å². The number of allylic oxidation sites excluding steroid dienone is 2. The fraction of sp³-hybridized carbons (Fsp3) is 0.294. The molecule has 4 amide bonds. The number of phenols is 1. The first-order valence-electron chi connectivity index (χ1n) is 14.7. The number of amides is 4. The Morgan fingerprint density at radius 1 is 0.889 bits per heavy atom. The van der Waals surface area contributed by atoms with Gasteiger partial charge in [-0.1, -0.05) is 48.0 Å². The summed E-state index contributed by atoms with van der Waals surface area (Å²) >= 11 is 0. The standard InChI is InChI=1S/C34H29N3O8/c1-34-25(31(40)36(33(34)42)18-8-4-3-5-9-18)17-24-21(28(34)23-12-7-13-26(45-2)29(23)38)14-15-22-27(24)32(41)35(30(22)39)19-10-6-11-20(16-19)37(43)44/h3-14,16,22,24-25,27-28,38H,15,17H2,1-2H3/t22-,24+,25-,27-,28+,34+/m0/s1. The van der Waals surface area contributed by atoms with Crippen LogP contribution in [0.5, 0.6) is 11.5 Å². The van der Waals surface area contributed by atoms with E-state index in [0.717, 1.165) is 4.90 Å². The van der Waals surface area contributed by atoms with Gasteiger partial charge in [0, 0.05) is 23.6 Å². The first-order chi connectivity index (χ1) is 21.6. The molecule has 3 aromatic carbocycles. The molecule has 0 bridgehead atoms. The fourth-order valence-corrected chi connectivity index (χ4v) is 8.12. The number of non-ortho nitro benzene ring substituents is 1. The van der Waals surface area contributed by atoms with Crippen molar-refractivity contribution in [2.75, 3.05) is 16.9 Å². The molecule has 2 aliphatic carbocycles. The average molecular weight is 608 g/mol. The Kier molecular flexibility index (Phi) is 6.40. The predicted octanol–water partition coefficient (Wildman–Crippen LogP) is 4.74. The van der Waals surface area contributed by atoms with Crippen molar-refractivity contribution in [2.24, 2.45) is 29.1 Å². The maximum Gasteiger partial charge on any atom is 0.271 e. The van der Waals surface area contributed by atoms with E-state index in [1.807, 2.05) is 6.08 Å². The molecule has 2 saturated heterocycles. The molecule has 11 nitrogen and oxygen atoms in total. The number of carbonyl (C=O) groups excluding carboxylic acids is 4. The number of nitro benzene ring substituents is 1. The summed E-state index contributed by atoms with van der Waals surface area (Å²) in [4.78, 5) is 69.7. The molecular weight excluding hydrogens is 578 g/mol. The number of nitro groups is 1. The SMILES string of the molecule is COc1cccc([C@H]2C3=CC[C@@H]4C(=O)N(c5cccc([N+](=O)[O-])c5)C(=O)[C@@H]4[C@@H]3C[C@H]3C(=O)N(c4ccccc4)C(=O)[C@@]23C)c1O. The van der Waals surface area contributed by atoms with Crippen molar-refractivity contribution >= 4 is 40.7 Å². The van der Waals surface area contributed by atoms with Crippen LogP contribution in [0, 0.1) is 39.2 Å². The molecule has 1 saturated carbocycles. The van der Waals surface area contributed by atoms with Crippen molar-refractivity contribution < 1.29 is 33.9 Å². The summed E-state index contributed by atoms with van der Waals surface area (Å²) in [5, 5.41) is 22.8. The number of phenolic OH excluding ortho intramolecular Hbond substituents is 1. The van der Waals surface area contributed by atoms with Crippen molar-refractivity contribution in [1.82, 2.24) is 0 Å². The Morgan fingerprint density at radius 2 is 1.60 bits per heavy atom. The maximum absolute atomic E-state index is 14.4. The zero-order valence-electron chi connectivity index (χ0n) is 24.5. The van der Waals surface area contributed by atoms with Crippen LogP contribution in [-0.4, -0.2) is 40.8 Å². The third kappa shape index (κ3) is 3.89. The van der Waals surface area contributed by atoms with Gasteiger partial charge in [0.25, 0.3) is 5.69 Å². The van der Waals surface area contributed by atoms with Crippen LogP contribution >= 0.6 is 0 Å². The topological polar surface area (TPSA) is 147 Å².